The lowest BCUT2D eigenvalue weighted by Crippen LogP contribution is -1.80. The fourth-order valence-electron chi connectivity index (χ4n) is 2.46. The van der Waals surface area contributed by atoms with Gasteiger partial charge in [0, 0.05) is 22.5 Å². The first kappa shape index (κ1) is 11.2. The molecule has 20 heavy (non-hydrogen) atoms. The van der Waals surface area contributed by atoms with E-state index in [1.165, 1.54) is 6.07 Å². The maximum absolute atomic E-state index is 13.7. The Balaban J connectivity index is 2.01. The molecule has 0 bridgehead atoms. The maximum Gasteiger partial charge on any atom is 0.171 e. The zero-order valence-electron chi connectivity index (χ0n) is 10.5. The zero-order valence-corrected chi connectivity index (χ0v) is 10.5. The van der Waals surface area contributed by atoms with Crippen LogP contribution in [0.4, 0.5) is 4.39 Å². The van der Waals surface area contributed by atoms with Crippen molar-refractivity contribution in [3.63, 3.8) is 0 Å². The average molecular weight is 263 g/mol. The second-order valence-electron chi connectivity index (χ2n) is 4.64. The van der Waals surface area contributed by atoms with E-state index >= 15 is 0 Å². The number of aromatic nitrogens is 1. The molecule has 2 nitrogen and oxygen atoms in total. The zero-order chi connectivity index (χ0) is 13.5. The third-order valence-corrected chi connectivity index (χ3v) is 3.41. The highest BCUT2D eigenvalue weighted by molar-refractivity contribution is 6.05. The lowest BCUT2D eigenvalue weighted by atomic mass is 10.1. The Morgan fingerprint density at radius 3 is 2.70 bits per heavy atom. The Morgan fingerprint density at radius 2 is 1.85 bits per heavy atom. The Hall–Kier alpha value is -2.68. The van der Waals surface area contributed by atoms with Crippen molar-refractivity contribution in [1.29, 1.82) is 0 Å². The molecule has 0 saturated carbocycles. The molecule has 2 aromatic carbocycles. The molecule has 0 spiro atoms. The lowest BCUT2D eigenvalue weighted by Gasteiger charge is -1.99. The summed E-state index contributed by atoms with van der Waals surface area (Å²) in [5.41, 5.74) is 2.81. The van der Waals surface area contributed by atoms with Gasteiger partial charge in [-0.05, 0) is 30.3 Å². The number of hydrogen-bond acceptors (Lipinski definition) is 2. The van der Waals surface area contributed by atoms with E-state index in [1.807, 2.05) is 42.5 Å². The van der Waals surface area contributed by atoms with Gasteiger partial charge >= 0.3 is 0 Å². The number of fused-ring (bicyclic) bond motifs is 3. The number of nitrogens with zero attached hydrogens (tertiary/aromatic N) is 1. The van der Waals surface area contributed by atoms with Crippen LogP contribution in [0.2, 0.25) is 0 Å². The highest BCUT2D eigenvalue weighted by Gasteiger charge is 2.11. The summed E-state index contributed by atoms with van der Waals surface area (Å²) in [7, 11) is 0. The first-order valence-electron chi connectivity index (χ1n) is 6.35. The SMILES string of the molecule is Fc1cccc2c1oc1cc(-c3ccccn3)ccc12. The lowest BCUT2D eigenvalue weighted by molar-refractivity contribution is 0.584. The van der Waals surface area contributed by atoms with E-state index < -0.39 is 0 Å². The van der Waals surface area contributed by atoms with E-state index in [2.05, 4.69) is 4.98 Å². The molecule has 4 rings (SSSR count). The predicted molar refractivity (Wildman–Crippen MR) is 76.9 cm³/mol. The van der Waals surface area contributed by atoms with E-state index in [0.29, 0.717) is 11.2 Å². The summed E-state index contributed by atoms with van der Waals surface area (Å²) in [6.07, 6.45) is 1.75. The normalized spacial score (nSPS) is 11.2. The minimum absolute atomic E-state index is 0.306. The summed E-state index contributed by atoms with van der Waals surface area (Å²) in [6.45, 7) is 0. The molecule has 0 radical (unpaired) electrons. The minimum Gasteiger partial charge on any atom is -0.453 e. The molecule has 0 saturated heterocycles. The van der Waals surface area contributed by atoms with Gasteiger partial charge in [0.05, 0.1) is 5.69 Å². The fraction of sp³-hybridized carbons (Fsp3) is 0. The Kier molecular flexibility index (Phi) is 2.33. The van der Waals surface area contributed by atoms with Crippen molar-refractivity contribution in [2.24, 2.45) is 0 Å². The summed E-state index contributed by atoms with van der Waals surface area (Å²) in [5, 5.41) is 1.71. The smallest absolute Gasteiger partial charge is 0.171 e. The number of pyridine rings is 1. The van der Waals surface area contributed by atoms with E-state index in [1.54, 1.807) is 12.3 Å². The molecule has 3 heteroatoms. The number of rotatable bonds is 1. The van der Waals surface area contributed by atoms with Crippen LogP contribution in [0.5, 0.6) is 0 Å². The van der Waals surface area contributed by atoms with Gasteiger partial charge in [-0.2, -0.15) is 0 Å². The van der Waals surface area contributed by atoms with Gasteiger partial charge in [-0.15, -0.1) is 0 Å². The quantitative estimate of drug-likeness (QED) is 0.493. The number of benzene rings is 2. The van der Waals surface area contributed by atoms with Gasteiger partial charge in [-0.1, -0.05) is 24.3 Å². The number of hydrogen-bond donors (Lipinski definition) is 0. The molecule has 0 aliphatic rings. The van der Waals surface area contributed by atoms with E-state index in [4.69, 9.17) is 4.42 Å². The van der Waals surface area contributed by atoms with Crippen LogP contribution in [0.25, 0.3) is 33.2 Å². The largest absolute Gasteiger partial charge is 0.453 e. The van der Waals surface area contributed by atoms with Crippen LogP contribution < -0.4 is 0 Å². The fourth-order valence-corrected chi connectivity index (χ4v) is 2.46. The van der Waals surface area contributed by atoms with Crippen LogP contribution in [0.3, 0.4) is 0 Å². The maximum atomic E-state index is 13.7. The van der Waals surface area contributed by atoms with Crippen molar-refractivity contribution < 1.29 is 8.81 Å². The molecule has 0 unspecified atom stereocenters. The predicted octanol–water partition coefficient (Wildman–Crippen LogP) is 4.79. The van der Waals surface area contributed by atoms with Gasteiger partial charge in [-0.25, -0.2) is 4.39 Å². The van der Waals surface area contributed by atoms with Gasteiger partial charge in [0.25, 0.3) is 0 Å². The molecule has 4 aromatic rings. The van der Waals surface area contributed by atoms with Crippen LogP contribution in [-0.4, -0.2) is 4.98 Å². The summed E-state index contributed by atoms with van der Waals surface area (Å²) in [6, 6.07) is 16.5. The molecule has 96 valence electrons. The molecule has 0 aliphatic heterocycles. The number of furan rings is 1. The summed E-state index contributed by atoms with van der Waals surface area (Å²) < 4.78 is 19.4. The Morgan fingerprint density at radius 1 is 0.900 bits per heavy atom. The first-order chi connectivity index (χ1) is 9.83. The highest BCUT2D eigenvalue weighted by atomic mass is 19.1. The third kappa shape index (κ3) is 1.60. The standard InChI is InChI=1S/C17H10FNO/c18-14-5-3-4-13-12-8-7-11(10-16(12)20-17(13)14)15-6-1-2-9-19-15/h1-10H. The minimum atomic E-state index is -0.335. The van der Waals surface area contributed by atoms with Crippen molar-refractivity contribution in [1.82, 2.24) is 4.98 Å². The van der Waals surface area contributed by atoms with Crippen LogP contribution in [0.15, 0.2) is 65.2 Å². The van der Waals surface area contributed by atoms with Crippen molar-refractivity contribution in [3.05, 3.63) is 66.6 Å². The molecule has 0 atom stereocenters. The van der Waals surface area contributed by atoms with Crippen LogP contribution in [-0.2, 0) is 0 Å². The second-order valence-corrected chi connectivity index (χ2v) is 4.64. The van der Waals surface area contributed by atoms with Crippen LogP contribution in [0.1, 0.15) is 0 Å². The second kappa shape index (κ2) is 4.17. The van der Waals surface area contributed by atoms with E-state index in [0.717, 1.165) is 22.0 Å². The van der Waals surface area contributed by atoms with Crippen molar-refractivity contribution >= 4 is 21.9 Å². The molecular formula is C17H10FNO. The average Bonchev–Trinajstić information content (AvgIpc) is 2.87. The van der Waals surface area contributed by atoms with Gasteiger partial charge < -0.3 is 4.42 Å². The van der Waals surface area contributed by atoms with Crippen LogP contribution in [0, 0.1) is 5.82 Å². The molecule has 0 fully saturated rings. The van der Waals surface area contributed by atoms with Gasteiger partial charge in [0.2, 0.25) is 0 Å². The monoisotopic (exact) mass is 263 g/mol. The molecule has 2 aromatic heterocycles. The van der Waals surface area contributed by atoms with Crippen molar-refractivity contribution in [2.45, 2.75) is 0 Å². The molecule has 0 aliphatic carbocycles. The third-order valence-electron chi connectivity index (χ3n) is 3.41. The Labute approximate surface area is 114 Å². The molecule has 2 heterocycles. The van der Waals surface area contributed by atoms with Crippen LogP contribution >= 0.6 is 0 Å². The van der Waals surface area contributed by atoms with E-state index in [9.17, 15) is 4.39 Å². The molecule has 0 amide bonds. The van der Waals surface area contributed by atoms with Gasteiger partial charge in [0.15, 0.2) is 11.4 Å². The summed E-state index contributed by atoms with van der Waals surface area (Å²) >= 11 is 0. The van der Waals surface area contributed by atoms with Crippen molar-refractivity contribution in [2.75, 3.05) is 0 Å². The van der Waals surface area contributed by atoms with Gasteiger partial charge in [0.1, 0.15) is 5.58 Å². The molecular weight excluding hydrogens is 253 g/mol. The molecule has 0 N–H and O–H groups in total. The summed E-state index contributed by atoms with van der Waals surface area (Å²) in [5.74, 6) is -0.335. The topological polar surface area (TPSA) is 26.0 Å². The summed E-state index contributed by atoms with van der Waals surface area (Å²) in [4.78, 5) is 4.31. The van der Waals surface area contributed by atoms with Gasteiger partial charge in [-0.3, -0.25) is 4.98 Å². The van der Waals surface area contributed by atoms with Crippen molar-refractivity contribution in [3.8, 4) is 11.3 Å². The number of para-hydroxylation sites is 1. The highest BCUT2D eigenvalue weighted by Crippen LogP contribution is 2.32. The van der Waals surface area contributed by atoms with E-state index in [-0.39, 0.29) is 5.82 Å². The Bertz CT molecular complexity index is 912. The first-order valence-corrected chi connectivity index (χ1v) is 6.35. The number of halogens is 1.